The molecule has 0 aromatic heterocycles. The first-order valence-corrected chi connectivity index (χ1v) is 6.79. The molecule has 104 valence electrons. The molecular weight excluding hydrogens is 240 g/mol. The molecular formula is C15H22N2O2. The molecule has 0 aliphatic heterocycles. The van der Waals surface area contributed by atoms with Crippen LogP contribution in [0.25, 0.3) is 0 Å². The van der Waals surface area contributed by atoms with Crippen molar-refractivity contribution in [3.05, 3.63) is 29.8 Å². The van der Waals surface area contributed by atoms with E-state index in [0.717, 1.165) is 24.2 Å². The van der Waals surface area contributed by atoms with Crippen LogP contribution in [0.4, 0.5) is 0 Å². The topological polar surface area (TPSA) is 64.3 Å². The molecule has 0 radical (unpaired) electrons. The molecule has 1 fully saturated rings. The standard InChI is InChI=1S/C15H22N2O2/c1-10(12-5-3-4-6-14(12)19-2)17-15(18)9-13(16)11-7-8-11/h3-6,10-11,13H,7-9,16H2,1-2H3,(H,17,18)/t10-,13?/m0/s1. The smallest absolute Gasteiger partial charge is 0.222 e. The molecule has 1 unspecified atom stereocenters. The molecule has 3 N–H and O–H groups in total. The van der Waals surface area contributed by atoms with E-state index in [2.05, 4.69) is 5.32 Å². The third-order valence-corrected chi connectivity index (χ3v) is 3.63. The first-order valence-electron chi connectivity index (χ1n) is 6.79. The fourth-order valence-electron chi connectivity index (χ4n) is 2.31. The van der Waals surface area contributed by atoms with Crippen molar-refractivity contribution in [1.29, 1.82) is 0 Å². The molecule has 2 atom stereocenters. The summed E-state index contributed by atoms with van der Waals surface area (Å²) < 4.78 is 5.30. The summed E-state index contributed by atoms with van der Waals surface area (Å²) in [4.78, 5) is 11.9. The van der Waals surface area contributed by atoms with Crippen molar-refractivity contribution in [2.24, 2.45) is 11.7 Å². The summed E-state index contributed by atoms with van der Waals surface area (Å²) in [5, 5.41) is 2.99. The van der Waals surface area contributed by atoms with Gasteiger partial charge in [-0.2, -0.15) is 0 Å². The highest BCUT2D eigenvalue weighted by molar-refractivity contribution is 5.77. The summed E-state index contributed by atoms with van der Waals surface area (Å²) in [6.45, 7) is 1.96. The van der Waals surface area contributed by atoms with Crippen LogP contribution in [0.2, 0.25) is 0 Å². The lowest BCUT2D eigenvalue weighted by atomic mass is 10.1. The van der Waals surface area contributed by atoms with Crippen molar-refractivity contribution in [2.75, 3.05) is 7.11 Å². The van der Waals surface area contributed by atoms with E-state index in [4.69, 9.17) is 10.5 Å². The van der Waals surface area contributed by atoms with Crippen molar-refractivity contribution < 1.29 is 9.53 Å². The maximum absolute atomic E-state index is 11.9. The Labute approximate surface area is 114 Å². The van der Waals surface area contributed by atoms with Crippen LogP contribution < -0.4 is 15.8 Å². The van der Waals surface area contributed by atoms with Gasteiger partial charge in [0.25, 0.3) is 0 Å². The van der Waals surface area contributed by atoms with E-state index in [1.807, 2.05) is 31.2 Å². The second-order valence-corrected chi connectivity index (χ2v) is 5.24. The Morgan fingerprint density at radius 1 is 1.47 bits per heavy atom. The summed E-state index contributed by atoms with van der Waals surface area (Å²) in [5.74, 6) is 1.35. The van der Waals surface area contributed by atoms with Crippen molar-refractivity contribution in [3.8, 4) is 5.75 Å². The number of ether oxygens (including phenoxy) is 1. The van der Waals surface area contributed by atoms with Gasteiger partial charge in [-0.1, -0.05) is 18.2 Å². The highest BCUT2D eigenvalue weighted by Crippen LogP contribution is 2.33. The number of hydrogen-bond acceptors (Lipinski definition) is 3. The van der Waals surface area contributed by atoms with Crippen LogP contribution in [0.3, 0.4) is 0 Å². The number of carbonyl (C=O) groups is 1. The molecule has 1 saturated carbocycles. The van der Waals surface area contributed by atoms with E-state index < -0.39 is 0 Å². The molecule has 1 aromatic carbocycles. The molecule has 0 heterocycles. The van der Waals surface area contributed by atoms with Crippen molar-refractivity contribution in [2.45, 2.75) is 38.3 Å². The van der Waals surface area contributed by atoms with Gasteiger partial charge in [-0.3, -0.25) is 4.79 Å². The average Bonchev–Trinajstić information content (AvgIpc) is 3.22. The predicted octanol–water partition coefficient (Wildman–Crippen LogP) is 2.00. The number of carbonyl (C=O) groups excluding carboxylic acids is 1. The first-order chi connectivity index (χ1) is 9.11. The Bertz CT molecular complexity index is 444. The highest BCUT2D eigenvalue weighted by Gasteiger charge is 2.30. The second kappa shape index (κ2) is 6.06. The Balaban J connectivity index is 1.92. The molecule has 1 aliphatic rings. The summed E-state index contributed by atoms with van der Waals surface area (Å²) >= 11 is 0. The SMILES string of the molecule is COc1ccccc1[C@H](C)NC(=O)CC(N)C1CC1. The number of nitrogens with one attached hydrogen (secondary N) is 1. The maximum Gasteiger partial charge on any atom is 0.222 e. The fraction of sp³-hybridized carbons (Fsp3) is 0.533. The highest BCUT2D eigenvalue weighted by atomic mass is 16.5. The van der Waals surface area contributed by atoms with Gasteiger partial charge in [0.05, 0.1) is 13.2 Å². The van der Waals surface area contributed by atoms with Crippen LogP contribution in [0, 0.1) is 5.92 Å². The molecule has 0 saturated heterocycles. The third kappa shape index (κ3) is 3.70. The van der Waals surface area contributed by atoms with Crippen molar-refractivity contribution in [1.82, 2.24) is 5.32 Å². The van der Waals surface area contributed by atoms with Gasteiger partial charge < -0.3 is 15.8 Å². The summed E-state index contributed by atoms with van der Waals surface area (Å²) in [6, 6.07) is 7.65. The van der Waals surface area contributed by atoms with Crippen LogP contribution in [-0.2, 0) is 4.79 Å². The van der Waals surface area contributed by atoms with E-state index in [0.29, 0.717) is 12.3 Å². The zero-order valence-electron chi connectivity index (χ0n) is 11.6. The molecule has 1 amide bonds. The second-order valence-electron chi connectivity index (χ2n) is 5.24. The van der Waals surface area contributed by atoms with Gasteiger partial charge in [0.15, 0.2) is 0 Å². The van der Waals surface area contributed by atoms with Crippen LogP contribution in [-0.4, -0.2) is 19.1 Å². The Hall–Kier alpha value is -1.55. The summed E-state index contributed by atoms with van der Waals surface area (Å²) in [5.41, 5.74) is 6.95. The van der Waals surface area contributed by atoms with Crippen molar-refractivity contribution in [3.63, 3.8) is 0 Å². The lowest BCUT2D eigenvalue weighted by Crippen LogP contribution is -2.34. The zero-order valence-corrected chi connectivity index (χ0v) is 11.6. The molecule has 0 spiro atoms. The lowest BCUT2D eigenvalue weighted by Gasteiger charge is -2.18. The first kappa shape index (κ1) is 13.9. The van der Waals surface area contributed by atoms with Crippen LogP contribution in [0.1, 0.15) is 37.8 Å². The van der Waals surface area contributed by atoms with Crippen molar-refractivity contribution >= 4 is 5.91 Å². The quantitative estimate of drug-likeness (QED) is 0.824. The van der Waals surface area contributed by atoms with Gasteiger partial charge in [0, 0.05) is 18.0 Å². The number of benzene rings is 1. The molecule has 1 aromatic rings. The largest absolute Gasteiger partial charge is 0.496 e. The van der Waals surface area contributed by atoms with E-state index >= 15 is 0 Å². The number of amides is 1. The van der Waals surface area contributed by atoms with Crippen LogP contribution >= 0.6 is 0 Å². The molecule has 0 bridgehead atoms. The molecule has 4 heteroatoms. The van der Waals surface area contributed by atoms with Gasteiger partial charge in [-0.15, -0.1) is 0 Å². The normalized spacial score (nSPS) is 17.6. The number of rotatable bonds is 6. The van der Waals surface area contributed by atoms with Crippen LogP contribution in [0.5, 0.6) is 5.75 Å². The van der Waals surface area contributed by atoms with Gasteiger partial charge in [0.1, 0.15) is 5.75 Å². The van der Waals surface area contributed by atoms with E-state index in [1.54, 1.807) is 7.11 Å². The number of para-hydroxylation sites is 1. The average molecular weight is 262 g/mol. The minimum Gasteiger partial charge on any atom is -0.496 e. The molecule has 19 heavy (non-hydrogen) atoms. The molecule has 2 rings (SSSR count). The summed E-state index contributed by atoms with van der Waals surface area (Å²) in [7, 11) is 1.64. The Kier molecular flexibility index (Phi) is 4.43. The number of methoxy groups -OCH3 is 1. The monoisotopic (exact) mass is 262 g/mol. The van der Waals surface area contributed by atoms with Gasteiger partial charge in [-0.05, 0) is 31.7 Å². The van der Waals surface area contributed by atoms with Crippen LogP contribution in [0.15, 0.2) is 24.3 Å². The van der Waals surface area contributed by atoms with E-state index in [1.165, 1.54) is 0 Å². The lowest BCUT2D eigenvalue weighted by molar-refractivity contribution is -0.122. The molecule has 1 aliphatic carbocycles. The maximum atomic E-state index is 11.9. The molecule has 4 nitrogen and oxygen atoms in total. The van der Waals surface area contributed by atoms with Gasteiger partial charge in [0.2, 0.25) is 5.91 Å². The Morgan fingerprint density at radius 2 is 2.16 bits per heavy atom. The Morgan fingerprint density at radius 3 is 2.79 bits per heavy atom. The number of nitrogens with two attached hydrogens (primary N) is 1. The van der Waals surface area contributed by atoms with Gasteiger partial charge in [-0.25, -0.2) is 0 Å². The van der Waals surface area contributed by atoms with E-state index in [-0.39, 0.29) is 18.0 Å². The fourth-order valence-corrected chi connectivity index (χ4v) is 2.31. The third-order valence-electron chi connectivity index (χ3n) is 3.63. The van der Waals surface area contributed by atoms with E-state index in [9.17, 15) is 4.79 Å². The minimum absolute atomic E-state index is 0.00451. The minimum atomic E-state index is -0.0740. The van der Waals surface area contributed by atoms with Gasteiger partial charge >= 0.3 is 0 Å². The number of hydrogen-bond donors (Lipinski definition) is 2. The summed E-state index contributed by atoms with van der Waals surface area (Å²) in [6.07, 6.45) is 2.73. The predicted molar refractivity (Wildman–Crippen MR) is 74.9 cm³/mol. The zero-order chi connectivity index (χ0) is 13.8.